The maximum absolute atomic E-state index is 13.2. The summed E-state index contributed by atoms with van der Waals surface area (Å²) in [5.74, 6) is 0.377. The highest BCUT2D eigenvalue weighted by molar-refractivity contribution is 7.90. The van der Waals surface area contributed by atoms with Crippen LogP contribution in [0.4, 0.5) is 0 Å². The molecule has 1 atom stereocenters. The number of fused-ring (bicyclic) bond motifs is 1. The van der Waals surface area contributed by atoms with Crippen LogP contribution in [-0.4, -0.2) is 48.7 Å². The van der Waals surface area contributed by atoms with Gasteiger partial charge in [0, 0.05) is 6.26 Å². The fraction of sp³-hybridized carbons (Fsp3) is 0.308. The highest BCUT2D eigenvalue weighted by atomic mass is 32.2. The van der Waals surface area contributed by atoms with Crippen LogP contribution >= 0.6 is 0 Å². The zero-order valence-corrected chi connectivity index (χ0v) is 21.1. The van der Waals surface area contributed by atoms with Gasteiger partial charge < -0.3 is 14.5 Å². The van der Waals surface area contributed by atoms with Gasteiger partial charge in [0.15, 0.2) is 5.75 Å². The Balaban J connectivity index is 1.88. The molecule has 0 amide bonds. The Hall–Kier alpha value is -3.59. The lowest BCUT2D eigenvalue weighted by atomic mass is 9.98. The number of nitrogens with zero attached hydrogens (tertiary/aromatic N) is 2. The standard InChI is InChI=1S/C26H29N3O5S/c1-5-17-9-7-8-10-19(17)18-11-13-22-21(15-18)28-26(30)29(22)23(16-35(4,31)32)20-12-14-24(33-3)25(27-20)34-6-2/h7-15,23H,5-6,16H2,1-4H3,(H,28,30). The largest absolute Gasteiger partial charge is 0.491 e. The van der Waals surface area contributed by atoms with E-state index in [2.05, 4.69) is 29.0 Å². The van der Waals surface area contributed by atoms with E-state index in [4.69, 9.17) is 9.47 Å². The summed E-state index contributed by atoms with van der Waals surface area (Å²) in [7, 11) is -1.96. The summed E-state index contributed by atoms with van der Waals surface area (Å²) in [5.41, 5.74) is 4.47. The predicted octanol–water partition coefficient (Wildman–Crippen LogP) is 4.00. The third-order valence-electron chi connectivity index (χ3n) is 5.89. The van der Waals surface area contributed by atoms with Gasteiger partial charge >= 0.3 is 5.69 Å². The van der Waals surface area contributed by atoms with Gasteiger partial charge in [-0.15, -0.1) is 0 Å². The average Bonchev–Trinajstić information content (AvgIpc) is 3.16. The lowest BCUT2D eigenvalue weighted by Gasteiger charge is -2.19. The van der Waals surface area contributed by atoms with Crippen LogP contribution in [0.25, 0.3) is 22.2 Å². The molecule has 1 unspecified atom stereocenters. The maximum Gasteiger partial charge on any atom is 0.327 e. The molecule has 1 N–H and O–H groups in total. The van der Waals surface area contributed by atoms with Crippen molar-refractivity contribution in [3.8, 4) is 22.8 Å². The Morgan fingerprint density at radius 2 is 1.86 bits per heavy atom. The first-order chi connectivity index (χ1) is 16.8. The molecule has 184 valence electrons. The van der Waals surface area contributed by atoms with Crippen LogP contribution in [0.2, 0.25) is 0 Å². The molecule has 0 saturated heterocycles. The lowest BCUT2D eigenvalue weighted by Crippen LogP contribution is -2.29. The maximum atomic E-state index is 13.2. The van der Waals surface area contributed by atoms with Crippen molar-refractivity contribution in [2.45, 2.75) is 26.3 Å². The quantitative estimate of drug-likeness (QED) is 0.377. The molecule has 4 aromatic rings. The number of aromatic nitrogens is 3. The zero-order valence-electron chi connectivity index (χ0n) is 20.2. The molecular formula is C26H29N3O5S. The second-order valence-corrected chi connectivity index (χ2v) is 10.5. The number of pyridine rings is 1. The van der Waals surface area contributed by atoms with Gasteiger partial charge in [-0.3, -0.25) is 4.57 Å². The highest BCUT2D eigenvalue weighted by Crippen LogP contribution is 2.31. The second kappa shape index (κ2) is 9.95. The van der Waals surface area contributed by atoms with E-state index in [0.29, 0.717) is 29.1 Å². The molecule has 0 aliphatic carbocycles. The van der Waals surface area contributed by atoms with E-state index in [9.17, 15) is 13.2 Å². The SMILES string of the molecule is CCOc1nc(C(CS(C)(=O)=O)n2c(=O)[nH]c3cc(-c4ccccc4CC)ccc32)ccc1OC. The number of methoxy groups -OCH3 is 1. The molecule has 2 aromatic carbocycles. The molecule has 0 aliphatic rings. The van der Waals surface area contributed by atoms with Gasteiger partial charge in [0.05, 0.1) is 42.2 Å². The van der Waals surface area contributed by atoms with Crippen molar-refractivity contribution in [2.24, 2.45) is 0 Å². The van der Waals surface area contributed by atoms with E-state index in [1.165, 1.54) is 17.2 Å². The van der Waals surface area contributed by atoms with Crippen LogP contribution in [-0.2, 0) is 16.3 Å². The summed E-state index contributed by atoms with van der Waals surface area (Å²) in [6.45, 7) is 4.28. The minimum absolute atomic E-state index is 0.248. The van der Waals surface area contributed by atoms with Crippen molar-refractivity contribution in [1.29, 1.82) is 0 Å². The molecule has 2 aromatic heterocycles. The number of ether oxygens (including phenoxy) is 2. The Morgan fingerprint density at radius 3 is 2.54 bits per heavy atom. The molecule has 2 heterocycles. The fourth-order valence-electron chi connectivity index (χ4n) is 4.32. The smallest absolute Gasteiger partial charge is 0.327 e. The molecule has 0 bridgehead atoms. The van der Waals surface area contributed by atoms with E-state index in [0.717, 1.165) is 23.8 Å². The predicted molar refractivity (Wildman–Crippen MR) is 137 cm³/mol. The summed E-state index contributed by atoms with van der Waals surface area (Å²) in [6.07, 6.45) is 2.03. The molecule has 4 rings (SSSR count). The number of nitrogens with one attached hydrogen (secondary N) is 1. The van der Waals surface area contributed by atoms with Crippen LogP contribution < -0.4 is 15.2 Å². The summed E-state index contributed by atoms with van der Waals surface area (Å²) in [4.78, 5) is 20.6. The molecule has 8 nitrogen and oxygen atoms in total. The number of sulfone groups is 1. The van der Waals surface area contributed by atoms with Crippen molar-refractivity contribution in [3.05, 3.63) is 76.3 Å². The van der Waals surface area contributed by atoms with Crippen molar-refractivity contribution < 1.29 is 17.9 Å². The third kappa shape index (κ3) is 5.09. The van der Waals surface area contributed by atoms with Gasteiger partial charge in [-0.25, -0.2) is 18.2 Å². The monoisotopic (exact) mass is 495 g/mol. The van der Waals surface area contributed by atoms with Gasteiger partial charge in [0.25, 0.3) is 5.88 Å². The number of aromatic amines is 1. The van der Waals surface area contributed by atoms with Crippen molar-refractivity contribution in [1.82, 2.24) is 14.5 Å². The normalized spacial score (nSPS) is 12.6. The molecule has 0 fully saturated rings. The first-order valence-electron chi connectivity index (χ1n) is 11.4. The second-order valence-electron chi connectivity index (χ2n) is 8.33. The number of aryl methyl sites for hydroxylation is 1. The topological polar surface area (TPSA) is 103 Å². The first-order valence-corrected chi connectivity index (χ1v) is 13.5. The van der Waals surface area contributed by atoms with Gasteiger partial charge in [0.1, 0.15) is 9.84 Å². The number of imidazole rings is 1. The van der Waals surface area contributed by atoms with Gasteiger partial charge in [-0.1, -0.05) is 37.3 Å². The van der Waals surface area contributed by atoms with Gasteiger partial charge in [-0.2, -0.15) is 0 Å². The van der Waals surface area contributed by atoms with E-state index in [1.54, 1.807) is 12.1 Å². The minimum Gasteiger partial charge on any atom is -0.491 e. The van der Waals surface area contributed by atoms with Crippen LogP contribution in [0.3, 0.4) is 0 Å². The summed E-state index contributed by atoms with van der Waals surface area (Å²) >= 11 is 0. The zero-order chi connectivity index (χ0) is 25.2. The molecule has 0 radical (unpaired) electrons. The van der Waals surface area contributed by atoms with Crippen LogP contribution in [0.5, 0.6) is 11.6 Å². The third-order valence-corrected chi connectivity index (χ3v) is 6.81. The Morgan fingerprint density at radius 1 is 1.09 bits per heavy atom. The first kappa shape index (κ1) is 24.5. The lowest BCUT2D eigenvalue weighted by molar-refractivity contribution is 0.296. The summed E-state index contributed by atoms with van der Waals surface area (Å²) in [6, 6.07) is 16.3. The Kier molecular flexibility index (Phi) is 6.98. The van der Waals surface area contributed by atoms with E-state index >= 15 is 0 Å². The van der Waals surface area contributed by atoms with E-state index < -0.39 is 21.6 Å². The number of hydrogen-bond acceptors (Lipinski definition) is 6. The summed E-state index contributed by atoms with van der Waals surface area (Å²) in [5, 5.41) is 0. The van der Waals surface area contributed by atoms with Crippen LogP contribution in [0.1, 0.15) is 31.1 Å². The molecular weight excluding hydrogens is 466 g/mol. The molecule has 0 spiro atoms. The molecule has 9 heteroatoms. The van der Waals surface area contributed by atoms with E-state index in [-0.39, 0.29) is 11.6 Å². The molecule has 0 saturated carbocycles. The number of rotatable bonds is 9. The van der Waals surface area contributed by atoms with Crippen molar-refractivity contribution in [3.63, 3.8) is 0 Å². The minimum atomic E-state index is -3.47. The number of benzene rings is 2. The Bertz CT molecular complexity index is 1520. The average molecular weight is 496 g/mol. The Labute approximate surface area is 204 Å². The number of H-pyrrole nitrogens is 1. The van der Waals surface area contributed by atoms with Crippen LogP contribution in [0, 0.1) is 0 Å². The van der Waals surface area contributed by atoms with Crippen molar-refractivity contribution >= 4 is 20.9 Å². The summed E-state index contributed by atoms with van der Waals surface area (Å²) < 4.78 is 37.1. The van der Waals surface area contributed by atoms with Crippen molar-refractivity contribution in [2.75, 3.05) is 25.7 Å². The fourth-order valence-corrected chi connectivity index (χ4v) is 5.21. The highest BCUT2D eigenvalue weighted by Gasteiger charge is 2.26. The number of hydrogen-bond donors (Lipinski definition) is 1. The van der Waals surface area contributed by atoms with Crippen LogP contribution in [0.15, 0.2) is 59.4 Å². The molecule has 0 aliphatic heterocycles. The van der Waals surface area contributed by atoms with Gasteiger partial charge in [-0.05, 0) is 54.3 Å². The molecule has 35 heavy (non-hydrogen) atoms. The van der Waals surface area contributed by atoms with E-state index in [1.807, 2.05) is 37.3 Å². The van der Waals surface area contributed by atoms with Gasteiger partial charge in [0.2, 0.25) is 0 Å².